The molecule has 0 radical (unpaired) electrons. The summed E-state index contributed by atoms with van der Waals surface area (Å²) >= 11 is 1.38. The fraction of sp³-hybridized carbons (Fsp3) is 0.500. The molecule has 5 nitrogen and oxygen atoms in total. The van der Waals surface area contributed by atoms with Gasteiger partial charge in [0.1, 0.15) is 5.51 Å². The van der Waals surface area contributed by atoms with E-state index in [1.165, 1.54) is 42.7 Å². The SMILES string of the molecule is CCCCN(CCCC)c1ccc(N=Nc2nncs2)cc1. The van der Waals surface area contributed by atoms with Gasteiger partial charge in [0.25, 0.3) is 5.13 Å². The second-order valence-electron chi connectivity index (χ2n) is 5.13. The minimum absolute atomic E-state index is 0.580. The Morgan fingerprint density at radius 2 is 1.68 bits per heavy atom. The van der Waals surface area contributed by atoms with Crippen molar-refractivity contribution in [3.05, 3.63) is 29.8 Å². The highest BCUT2D eigenvalue weighted by Gasteiger charge is 2.05. The molecule has 0 fully saturated rings. The van der Waals surface area contributed by atoms with Crippen molar-refractivity contribution in [2.24, 2.45) is 10.2 Å². The summed E-state index contributed by atoms with van der Waals surface area (Å²) in [7, 11) is 0. The van der Waals surface area contributed by atoms with E-state index in [9.17, 15) is 0 Å². The van der Waals surface area contributed by atoms with Gasteiger partial charge in [-0.3, -0.25) is 0 Å². The molecule has 1 aromatic carbocycles. The number of anilines is 1. The van der Waals surface area contributed by atoms with Gasteiger partial charge in [-0.15, -0.1) is 20.4 Å². The van der Waals surface area contributed by atoms with Gasteiger partial charge in [-0.1, -0.05) is 38.0 Å². The quantitative estimate of drug-likeness (QED) is 0.585. The molecule has 2 rings (SSSR count). The summed E-state index contributed by atoms with van der Waals surface area (Å²) < 4.78 is 0. The van der Waals surface area contributed by atoms with Crippen molar-refractivity contribution >= 4 is 27.8 Å². The summed E-state index contributed by atoms with van der Waals surface area (Å²) in [5.74, 6) is 0. The lowest BCUT2D eigenvalue weighted by Gasteiger charge is -2.24. The van der Waals surface area contributed by atoms with Crippen LogP contribution in [-0.2, 0) is 0 Å². The van der Waals surface area contributed by atoms with Crippen molar-refractivity contribution in [2.75, 3.05) is 18.0 Å². The predicted octanol–water partition coefficient (Wildman–Crippen LogP) is 5.36. The van der Waals surface area contributed by atoms with Gasteiger partial charge < -0.3 is 4.90 Å². The van der Waals surface area contributed by atoms with Crippen LogP contribution in [0.4, 0.5) is 16.5 Å². The van der Waals surface area contributed by atoms with Gasteiger partial charge in [-0.2, -0.15) is 0 Å². The summed E-state index contributed by atoms with van der Waals surface area (Å²) in [6.07, 6.45) is 4.89. The Kier molecular flexibility index (Phi) is 6.96. The molecule has 0 amide bonds. The Labute approximate surface area is 136 Å². The average molecular weight is 317 g/mol. The topological polar surface area (TPSA) is 53.7 Å². The van der Waals surface area contributed by atoms with Gasteiger partial charge in [0, 0.05) is 18.8 Å². The van der Waals surface area contributed by atoms with E-state index in [1.54, 1.807) is 5.51 Å². The Morgan fingerprint density at radius 1 is 1.00 bits per heavy atom. The van der Waals surface area contributed by atoms with Gasteiger partial charge in [0.2, 0.25) is 0 Å². The molecule has 1 heterocycles. The third-order valence-electron chi connectivity index (χ3n) is 3.38. The van der Waals surface area contributed by atoms with E-state index in [4.69, 9.17) is 0 Å². The van der Waals surface area contributed by atoms with Gasteiger partial charge in [-0.25, -0.2) is 0 Å². The van der Waals surface area contributed by atoms with Crippen LogP contribution in [0.15, 0.2) is 40.0 Å². The maximum absolute atomic E-state index is 4.19. The van der Waals surface area contributed by atoms with Crippen LogP contribution in [0.1, 0.15) is 39.5 Å². The lowest BCUT2D eigenvalue weighted by atomic mass is 10.2. The van der Waals surface area contributed by atoms with E-state index < -0.39 is 0 Å². The van der Waals surface area contributed by atoms with Gasteiger partial charge >= 0.3 is 0 Å². The van der Waals surface area contributed by atoms with Gasteiger partial charge in [0.15, 0.2) is 0 Å². The molecular weight excluding hydrogens is 294 g/mol. The monoisotopic (exact) mass is 317 g/mol. The van der Waals surface area contributed by atoms with Crippen LogP contribution in [-0.4, -0.2) is 23.3 Å². The normalized spacial score (nSPS) is 11.2. The second-order valence-corrected chi connectivity index (χ2v) is 5.94. The zero-order valence-corrected chi connectivity index (χ0v) is 14.1. The zero-order chi connectivity index (χ0) is 15.6. The highest BCUT2D eigenvalue weighted by atomic mass is 32.1. The van der Waals surface area contributed by atoms with E-state index in [0.717, 1.165) is 18.8 Å². The minimum atomic E-state index is 0.580. The fourth-order valence-corrected chi connectivity index (χ4v) is 2.48. The average Bonchev–Trinajstić information content (AvgIpc) is 3.07. The third-order valence-corrected chi connectivity index (χ3v) is 3.95. The molecule has 0 spiro atoms. The molecule has 0 N–H and O–H groups in total. The number of nitrogens with zero attached hydrogens (tertiary/aromatic N) is 5. The van der Waals surface area contributed by atoms with Crippen molar-refractivity contribution in [2.45, 2.75) is 39.5 Å². The minimum Gasteiger partial charge on any atom is -0.372 e. The Morgan fingerprint density at radius 3 is 2.23 bits per heavy atom. The van der Waals surface area contributed by atoms with Gasteiger partial charge in [-0.05, 0) is 37.1 Å². The van der Waals surface area contributed by atoms with E-state index in [0.29, 0.717) is 5.13 Å². The van der Waals surface area contributed by atoms with Crippen molar-refractivity contribution < 1.29 is 0 Å². The largest absolute Gasteiger partial charge is 0.372 e. The van der Waals surface area contributed by atoms with E-state index >= 15 is 0 Å². The van der Waals surface area contributed by atoms with Crippen LogP contribution in [0.25, 0.3) is 0 Å². The smallest absolute Gasteiger partial charge is 0.251 e. The lowest BCUT2D eigenvalue weighted by molar-refractivity contribution is 0.678. The number of azo groups is 1. The number of aromatic nitrogens is 2. The maximum Gasteiger partial charge on any atom is 0.251 e. The van der Waals surface area contributed by atoms with Crippen LogP contribution < -0.4 is 4.90 Å². The molecule has 0 unspecified atom stereocenters. The molecule has 0 aliphatic rings. The zero-order valence-electron chi connectivity index (χ0n) is 13.3. The predicted molar refractivity (Wildman–Crippen MR) is 92.6 cm³/mol. The number of benzene rings is 1. The van der Waals surface area contributed by atoms with Crippen LogP contribution in [0.2, 0.25) is 0 Å². The maximum atomic E-state index is 4.19. The van der Waals surface area contributed by atoms with Crippen LogP contribution in [0.3, 0.4) is 0 Å². The highest BCUT2D eigenvalue weighted by molar-refractivity contribution is 7.13. The first-order valence-corrected chi connectivity index (χ1v) is 8.74. The molecule has 0 aliphatic heterocycles. The number of rotatable bonds is 9. The van der Waals surface area contributed by atoms with Crippen molar-refractivity contribution in [3.63, 3.8) is 0 Å². The Bertz CT molecular complexity index is 542. The Balaban J connectivity index is 2.01. The summed E-state index contributed by atoms with van der Waals surface area (Å²) in [6, 6.07) is 8.26. The molecule has 2 aromatic rings. The molecule has 0 aliphatic carbocycles. The highest BCUT2D eigenvalue weighted by Crippen LogP contribution is 2.23. The molecule has 22 heavy (non-hydrogen) atoms. The van der Waals surface area contributed by atoms with E-state index in [-0.39, 0.29) is 0 Å². The number of hydrogen-bond acceptors (Lipinski definition) is 6. The molecule has 6 heteroatoms. The molecule has 0 bridgehead atoms. The molecular formula is C16H23N5S. The Hall–Kier alpha value is -1.82. The first-order chi connectivity index (χ1) is 10.8. The summed E-state index contributed by atoms with van der Waals surface area (Å²) in [5, 5.41) is 16.4. The molecule has 1 aromatic heterocycles. The van der Waals surface area contributed by atoms with E-state index in [2.05, 4.69) is 51.3 Å². The summed E-state index contributed by atoms with van der Waals surface area (Å²) in [5.41, 5.74) is 3.75. The van der Waals surface area contributed by atoms with Crippen LogP contribution in [0.5, 0.6) is 0 Å². The summed E-state index contributed by atoms with van der Waals surface area (Å²) in [6.45, 7) is 6.69. The first-order valence-electron chi connectivity index (χ1n) is 7.86. The fourth-order valence-electron chi connectivity index (χ4n) is 2.11. The van der Waals surface area contributed by atoms with Crippen molar-refractivity contribution in [1.82, 2.24) is 10.2 Å². The van der Waals surface area contributed by atoms with Crippen LogP contribution >= 0.6 is 11.3 Å². The molecule has 118 valence electrons. The third kappa shape index (κ3) is 5.18. The number of unbranched alkanes of at least 4 members (excludes halogenated alkanes) is 2. The van der Waals surface area contributed by atoms with Crippen LogP contribution in [0, 0.1) is 0 Å². The molecule has 0 saturated carbocycles. The second kappa shape index (κ2) is 9.25. The molecule has 0 atom stereocenters. The van der Waals surface area contributed by atoms with E-state index in [1.807, 2.05) is 12.1 Å². The van der Waals surface area contributed by atoms with Gasteiger partial charge in [0.05, 0.1) is 5.69 Å². The number of hydrogen-bond donors (Lipinski definition) is 0. The summed E-state index contributed by atoms with van der Waals surface area (Å²) in [4.78, 5) is 2.46. The standard InChI is InChI=1S/C16H23N5S/c1-3-5-11-21(12-6-4-2)15-9-7-14(8-10-15)18-20-16-19-17-13-22-16/h7-10,13H,3-6,11-12H2,1-2H3. The van der Waals surface area contributed by atoms with Crippen molar-refractivity contribution in [3.8, 4) is 0 Å². The molecule has 0 saturated heterocycles. The lowest BCUT2D eigenvalue weighted by Crippen LogP contribution is -2.25. The van der Waals surface area contributed by atoms with Crippen molar-refractivity contribution in [1.29, 1.82) is 0 Å². The first kappa shape index (κ1) is 16.5.